The average Bonchev–Trinajstić information content (AvgIpc) is 2.46. The summed E-state index contributed by atoms with van der Waals surface area (Å²) in [7, 11) is 0. The van der Waals surface area contributed by atoms with E-state index in [1.165, 1.54) is 16.7 Å². The van der Waals surface area contributed by atoms with E-state index in [-0.39, 0.29) is 0 Å². The van der Waals surface area contributed by atoms with Crippen LogP contribution in [0.25, 0.3) is 11.1 Å². The topological polar surface area (TPSA) is 38.0 Å². The molecular formula is C18H24N2. The van der Waals surface area contributed by atoms with Gasteiger partial charge in [0.1, 0.15) is 0 Å². The molecule has 0 bridgehead atoms. The first-order valence-corrected chi connectivity index (χ1v) is 7.32. The van der Waals surface area contributed by atoms with Crippen LogP contribution >= 0.6 is 0 Å². The van der Waals surface area contributed by atoms with Crippen molar-refractivity contribution in [2.24, 2.45) is 0 Å². The Morgan fingerprint density at radius 1 is 1.05 bits per heavy atom. The molecule has 0 spiro atoms. The number of benzene rings is 2. The van der Waals surface area contributed by atoms with Gasteiger partial charge in [0.05, 0.1) is 0 Å². The number of anilines is 1. The summed E-state index contributed by atoms with van der Waals surface area (Å²) in [6, 6.07) is 15.3. The normalized spacial score (nSPS) is 11.0. The molecule has 0 amide bonds. The summed E-state index contributed by atoms with van der Waals surface area (Å²) in [5.74, 6) is 0. The second kappa shape index (κ2) is 6.58. The van der Waals surface area contributed by atoms with Crippen LogP contribution in [0.2, 0.25) is 0 Å². The quantitative estimate of drug-likeness (QED) is 0.804. The second-order valence-corrected chi connectivity index (χ2v) is 5.47. The molecule has 0 saturated heterocycles. The van der Waals surface area contributed by atoms with E-state index in [4.69, 9.17) is 5.73 Å². The van der Waals surface area contributed by atoms with E-state index < -0.39 is 0 Å². The van der Waals surface area contributed by atoms with Crippen LogP contribution in [0.15, 0.2) is 42.5 Å². The molecule has 2 heteroatoms. The van der Waals surface area contributed by atoms with Crippen LogP contribution in [0.3, 0.4) is 0 Å². The lowest BCUT2D eigenvalue weighted by molar-refractivity contribution is 0.589. The molecule has 106 valence electrons. The number of nitrogens with two attached hydrogens (primary N) is 1. The highest BCUT2D eigenvalue weighted by molar-refractivity contribution is 5.79. The van der Waals surface area contributed by atoms with Gasteiger partial charge in [-0.3, -0.25) is 0 Å². The van der Waals surface area contributed by atoms with E-state index in [1.54, 1.807) is 0 Å². The first kappa shape index (κ1) is 14.6. The summed E-state index contributed by atoms with van der Waals surface area (Å²) in [5, 5.41) is 3.45. The molecule has 0 aliphatic heterocycles. The second-order valence-electron chi connectivity index (χ2n) is 5.47. The van der Waals surface area contributed by atoms with E-state index >= 15 is 0 Å². The van der Waals surface area contributed by atoms with E-state index in [0.29, 0.717) is 6.04 Å². The van der Waals surface area contributed by atoms with Crippen molar-refractivity contribution in [3.8, 4) is 11.1 Å². The lowest BCUT2D eigenvalue weighted by Crippen LogP contribution is -2.21. The molecule has 2 aromatic rings. The highest BCUT2D eigenvalue weighted by atomic mass is 14.9. The van der Waals surface area contributed by atoms with Gasteiger partial charge < -0.3 is 11.1 Å². The molecule has 3 N–H and O–H groups in total. The van der Waals surface area contributed by atoms with Crippen molar-refractivity contribution < 1.29 is 0 Å². The number of hydrogen-bond acceptors (Lipinski definition) is 2. The molecule has 20 heavy (non-hydrogen) atoms. The number of aryl methyl sites for hydroxylation is 1. The molecule has 0 aromatic heterocycles. The molecule has 0 atom stereocenters. The first-order valence-electron chi connectivity index (χ1n) is 7.32. The molecule has 2 aromatic carbocycles. The number of rotatable bonds is 5. The van der Waals surface area contributed by atoms with Crippen LogP contribution < -0.4 is 11.1 Å². The Hall–Kier alpha value is -1.80. The molecule has 2 rings (SSSR count). The molecule has 2 nitrogen and oxygen atoms in total. The van der Waals surface area contributed by atoms with Gasteiger partial charge in [-0.25, -0.2) is 0 Å². The fraction of sp³-hybridized carbons (Fsp3) is 0.333. The number of nitrogen functional groups attached to an aromatic ring is 1. The molecule has 0 fully saturated rings. The SMILES string of the molecule is CCc1ccccc1-c1cc(CNC(C)C)ccc1N. The largest absolute Gasteiger partial charge is 0.398 e. The minimum absolute atomic E-state index is 0.485. The van der Waals surface area contributed by atoms with Crippen LogP contribution in [0.4, 0.5) is 5.69 Å². The van der Waals surface area contributed by atoms with Gasteiger partial charge in [-0.15, -0.1) is 0 Å². The lowest BCUT2D eigenvalue weighted by Gasteiger charge is -2.14. The summed E-state index contributed by atoms with van der Waals surface area (Å²) in [4.78, 5) is 0. The standard InChI is InChI=1S/C18H24N2/c1-4-15-7-5-6-8-16(15)17-11-14(9-10-18(17)19)12-20-13(2)3/h5-11,13,20H,4,12,19H2,1-3H3. The Kier molecular flexibility index (Phi) is 4.80. The van der Waals surface area contributed by atoms with Crippen LogP contribution in [-0.4, -0.2) is 6.04 Å². The Morgan fingerprint density at radius 2 is 1.80 bits per heavy atom. The van der Waals surface area contributed by atoms with Crippen molar-refractivity contribution in [2.45, 2.75) is 39.8 Å². The molecule has 0 saturated carbocycles. The van der Waals surface area contributed by atoms with Crippen molar-refractivity contribution in [3.05, 3.63) is 53.6 Å². The average molecular weight is 268 g/mol. The third kappa shape index (κ3) is 3.40. The zero-order valence-corrected chi connectivity index (χ0v) is 12.6. The van der Waals surface area contributed by atoms with Crippen molar-refractivity contribution in [1.29, 1.82) is 0 Å². The lowest BCUT2D eigenvalue weighted by atomic mass is 9.95. The van der Waals surface area contributed by atoms with Crippen molar-refractivity contribution in [2.75, 3.05) is 5.73 Å². The van der Waals surface area contributed by atoms with E-state index in [0.717, 1.165) is 24.2 Å². The molecule has 0 radical (unpaired) electrons. The summed E-state index contributed by atoms with van der Waals surface area (Å²) in [6.07, 6.45) is 1.02. The third-order valence-corrected chi connectivity index (χ3v) is 3.52. The number of nitrogens with one attached hydrogen (secondary N) is 1. The number of hydrogen-bond donors (Lipinski definition) is 2. The van der Waals surface area contributed by atoms with Gasteiger partial charge in [0.2, 0.25) is 0 Å². The van der Waals surface area contributed by atoms with E-state index in [9.17, 15) is 0 Å². The van der Waals surface area contributed by atoms with Gasteiger partial charge in [0, 0.05) is 23.8 Å². The smallest absolute Gasteiger partial charge is 0.0394 e. The van der Waals surface area contributed by atoms with Gasteiger partial charge in [0.15, 0.2) is 0 Å². The van der Waals surface area contributed by atoms with Crippen LogP contribution in [0, 0.1) is 0 Å². The zero-order valence-electron chi connectivity index (χ0n) is 12.6. The van der Waals surface area contributed by atoms with Gasteiger partial charge in [-0.2, -0.15) is 0 Å². The van der Waals surface area contributed by atoms with Crippen molar-refractivity contribution >= 4 is 5.69 Å². The predicted octanol–water partition coefficient (Wildman–Crippen LogP) is 4.00. The first-order chi connectivity index (χ1) is 9.61. The fourth-order valence-corrected chi connectivity index (χ4v) is 2.36. The van der Waals surface area contributed by atoms with Gasteiger partial charge in [-0.05, 0) is 35.2 Å². The van der Waals surface area contributed by atoms with Crippen LogP contribution in [-0.2, 0) is 13.0 Å². The van der Waals surface area contributed by atoms with Gasteiger partial charge >= 0.3 is 0 Å². The minimum Gasteiger partial charge on any atom is -0.398 e. The molecule has 0 unspecified atom stereocenters. The minimum atomic E-state index is 0.485. The molecule has 0 aliphatic carbocycles. The maximum absolute atomic E-state index is 6.18. The van der Waals surface area contributed by atoms with Crippen LogP contribution in [0.1, 0.15) is 31.9 Å². The van der Waals surface area contributed by atoms with Crippen molar-refractivity contribution in [1.82, 2.24) is 5.32 Å². The summed E-state index contributed by atoms with van der Waals surface area (Å²) < 4.78 is 0. The van der Waals surface area contributed by atoms with Crippen LogP contribution in [0.5, 0.6) is 0 Å². The summed E-state index contributed by atoms with van der Waals surface area (Å²) in [6.45, 7) is 7.37. The van der Waals surface area contributed by atoms with E-state index in [1.807, 2.05) is 6.07 Å². The monoisotopic (exact) mass is 268 g/mol. The molecule has 0 heterocycles. The van der Waals surface area contributed by atoms with E-state index in [2.05, 4.69) is 62.5 Å². The zero-order chi connectivity index (χ0) is 14.5. The maximum atomic E-state index is 6.18. The molecular weight excluding hydrogens is 244 g/mol. The highest BCUT2D eigenvalue weighted by Gasteiger charge is 2.08. The predicted molar refractivity (Wildman–Crippen MR) is 87.6 cm³/mol. The van der Waals surface area contributed by atoms with Gasteiger partial charge in [-0.1, -0.05) is 51.1 Å². The Balaban J connectivity index is 2.37. The molecule has 0 aliphatic rings. The Morgan fingerprint density at radius 3 is 2.50 bits per heavy atom. The maximum Gasteiger partial charge on any atom is 0.0394 e. The highest BCUT2D eigenvalue weighted by Crippen LogP contribution is 2.30. The summed E-state index contributed by atoms with van der Waals surface area (Å²) >= 11 is 0. The Labute approximate surface area is 122 Å². The Bertz CT molecular complexity index is 573. The summed E-state index contributed by atoms with van der Waals surface area (Å²) in [5.41, 5.74) is 12.0. The van der Waals surface area contributed by atoms with Gasteiger partial charge in [0.25, 0.3) is 0 Å². The third-order valence-electron chi connectivity index (χ3n) is 3.52. The van der Waals surface area contributed by atoms with Crippen molar-refractivity contribution in [3.63, 3.8) is 0 Å². The fourth-order valence-electron chi connectivity index (χ4n) is 2.36.